The SMILES string of the molecule is OC12C=CC(Cl)=CC1S2. The molecule has 0 amide bonds. The molecule has 2 unspecified atom stereocenters. The second-order valence-corrected chi connectivity index (χ2v) is 4.01. The minimum Gasteiger partial charge on any atom is -0.374 e. The van der Waals surface area contributed by atoms with E-state index in [0.717, 1.165) is 5.03 Å². The Morgan fingerprint density at radius 1 is 1.78 bits per heavy atom. The topological polar surface area (TPSA) is 20.2 Å². The Bertz CT molecular complexity index is 211. The quantitative estimate of drug-likeness (QED) is 0.542. The third-order valence-corrected chi connectivity index (χ3v) is 2.97. The Morgan fingerprint density at radius 2 is 2.56 bits per heavy atom. The molecular formula is C6H5ClOS. The van der Waals surface area contributed by atoms with Gasteiger partial charge in [0.1, 0.15) is 4.93 Å². The summed E-state index contributed by atoms with van der Waals surface area (Å²) in [6, 6.07) is 0. The Kier molecular flexibility index (Phi) is 1.02. The van der Waals surface area contributed by atoms with Gasteiger partial charge >= 0.3 is 0 Å². The second-order valence-electron chi connectivity index (χ2n) is 2.18. The maximum absolute atomic E-state index is 9.34. The molecule has 1 heterocycles. The van der Waals surface area contributed by atoms with Crippen molar-refractivity contribution in [3.05, 3.63) is 23.3 Å². The average molecular weight is 161 g/mol. The van der Waals surface area contributed by atoms with Crippen molar-refractivity contribution in [2.45, 2.75) is 10.2 Å². The van der Waals surface area contributed by atoms with E-state index < -0.39 is 4.93 Å². The van der Waals surface area contributed by atoms with Crippen LogP contribution in [0.5, 0.6) is 0 Å². The summed E-state index contributed by atoms with van der Waals surface area (Å²) in [5.41, 5.74) is 0. The second kappa shape index (κ2) is 1.57. The number of allylic oxidation sites excluding steroid dienone is 2. The van der Waals surface area contributed by atoms with Gasteiger partial charge in [-0.2, -0.15) is 0 Å². The monoisotopic (exact) mass is 160 g/mol. The number of hydrogen-bond acceptors (Lipinski definition) is 2. The Hall–Kier alpha value is 0.0800. The molecule has 1 aliphatic carbocycles. The molecule has 0 aromatic heterocycles. The van der Waals surface area contributed by atoms with Gasteiger partial charge in [0.15, 0.2) is 0 Å². The lowest BCUT2D eigenvalue weighted by molar-refractivity contribution is 0.228. The fourth-order valence-corrected chi connectivity index (χ4v) is 1.97. The third-order valence-electron chi connectivity index (χ3n) is 1.46. The van der Waals surface area contributed by atoms with Crippen molar-refractivity contribution in [3.8, 4) is 0 Å². The first-order chi connectivity index (χ1) is 4.21. The molecule has 2 aliphatic rings. The van der Waals surface area contributed by atoms with Gasteiger partial charge in [0.25, 0.3) is 0 Å². The summed E-state index contributed by atoms with van der Waals surface area (Å²) >= 11 is 7.16. The highest BCUT2D eigenvalue weighted by atomic mass is 35.5. The van der Waals surface area contributed by atoms with Crippen LogP contribution in [0.25, 0.3) is 0 Å². The highest BCUT2D eigenvalue weighted by molar-refractivity contribution is 8.08. The molecule has 0 spiro atoms. The molecule has 2 atom stereocenters. The van der Waals surface area contributed by atoms with Crippen LogP contribution in [-0.4, -0.2) is 15.3 Å². The van der Waals surface area contributed by atoms with Crippen molar-refractivity contribution in [2.24, 2.45) is 0 Å². The smallest absolute Gasteiger partial charge is 0.145 e. The van der Waals surface area contributed by atoms with E-state index in [9.17, 15) is 5.11 Å². The minimum atomic E-state index is -0.599. The zero-order valence-electron chi connectivity index (χ0n) is 4.54. The van der Waals surface area contributed by atoms with Gasteiger partial charge in [-0.25, -0.2) is 0 Å². The Balaban J connectivity index is 2.31. The molecule has 1 nitrogen and oxygen atoms in total. The van der Waals surface area contributed by atoms with E-state index in [1.54, 1.807) is 12.2 Å². The van der Waals surface area contributed by atoms with Gasteiger partial charge in [-0.1, -0.05) is 11.6 Å². The Morgan fingerprint density at radius 3 is 3.11 bits per heavy atom. The third kappa shape index (κ3) is 0.820. The molecule has 2 rings (SSSR count). The standard InChI is InChI=1S/C6H5ClOS/c7-4-1-2-6(8)5(3-4)9-6/h1-3,5,8H. The highest BCUT2D eigenvalue weighted by Crippen LogP contribution is 2.55. The fraction of sp³-hybridized carbons (Fsp3) is 0.333. The Labute approximate surface area is 62.4 Å². The van der Waals surface area contributed by atoms with Gasteiger partial charge in [-0.05, 0) is 18.2 Å². The van der Waals surface area contributed by atoms with Crippen molar-refractivity contribution in [1.29, 1.82) is 0 Å². The van der Waals surface area contributed by atoms with Crippen molar-refractivity contribution in [2.75, 3.05) is 0 Å². The summed E-state index contributed by atoms with van der Waals surface area (Å²) < 4.78 is 0. The first-order valence-corrected chi connectivity index (χ1v) is 3.93. The molecule has 3 heteroatoms. The van der Waals surface area contributed by atoms with Crippen LogP contribution >= 0.6 is 23.4 Å². The van der Waals surface area contributed by atoms with E-state index >= 15 is 0 Å². The van der Waals surface area contributed by atoms with Crippen LogP contribution < -0.4 is 0 Å². The number of fused-ring (bicyclic) bond motifs is 1. The van der Waals surface area contributed by atoms with E-state index in [2.05, 4.69) is 0 Å². The molecule has 9 heavy (non-hydrogen) atoms. The van der Waals surface area contributed by atoms with E-state index in [4.69, 9.17) is 11.6 Å². The van der Waals surface area contributed by atoms with Gasteiger partial charge in [-0.3, -0.25) is 0 Å². The van der Waals surface area contributed by atoms with Crippen molar-refractivity contribution < 1.29 is 5.11 Å². The van der Waals surface area contributed by atoms with Gasteiger partial charge in [0.2, 0.25) is 0 Å². The predicted octanol–water partition coefficient (Wildman–Crippen LogP) is 1.48. The molecule has 0 aromatic carbocycles. The van der Waals surface area contributed by atoms with Crippen molar-refractivity contribution >= 4 is 23.4 Å². The first-order valence-electron chi connectivity index (χ1n) is 2.67. The summed E-state index contributed by atoms with van der Waals surface area (Å²) in [5, 5.41) is 10.3. The summed E-state index contributed by atoms with van der Waals surface area (Å²) in [6.07, 6.45) is 5.34. The van der Waals surface area contributed by atoms with Crippen LogP contribution in [0.15, 0.2) is 23.3 Å². The fourth-order valence-electron chi connectivity index (χ4n) is 0.856. The van der Waals surface area contributed by atoms with Crippen LogP contribution in [0.1, 0.15) is 0 Å². The summed E-state index contributed by atoms with van der Waals surface area (Å²) in [5.74, 6) is 0. The number of aliphatic hydroxyl groups is 1. The first kappa shape index (κ1) is 5.83. The van der Waals surface area contributed by atoms with Crippen LogP contribution in [0, 0.1) is 0 Å². The molecule has 0 saturated carbocycles. The van der Waals surface area contributed by atoms with E-state index in [1.165, 1.54) is 11.8 Å². The van der Waals surface area contributed by atoms with Gasteiger partial charge in [0.05, 0.1) is 5.25 Å². The normalized spacial score (nSPS) is 46.0. The van der Waals surface area contributed by atoms with Crippen molar-refractivity contribution in [3.63, 3.8) is 0 Å². The lowest BCUT2D eigenvalue weighted by Crippen LogP contribution is -2.09. The zero-order chi connectivity index (χ0) is 6.48. The van der Waals surface area contributed by atoms with E-state index in [-0.39, 0.29) is 5.25 Å². The van der Waals surface area contributed by atoms with E-state index in [1.807, 2.05) is 6.08 Å². The molecule has 0 aromatic rings. The van der Waals surface area contributed by atoms with Crippen LogP contribution in [0.2, 0.25) is 0 Å². The minimum absolute atomic E-state index is 0.218. The van der Waals surface area contributed by atoms with Crippen LogP contribution in [0.3, 0.4) is 0 Å². The van der Waals surface area contributed by atoms with E-state index in [0.29, 0.717) is 0 Å². The largest absolute Gasteiger partial charge is 0.374 e. The summed E-state index contributed by atoms with van der Waals surface area (Å²) in [4.78, 5) is -0.599. The lowest BCUT2D eigenvalue weighted by Gasteiger charge is -2.02. The number of rotatable bonds is 0. The maximum Gasteiger partial charge on any atom is 0.145 e. The number of hydrogen-bond donors (Lipinski definition) is 1. The molecule has 0 radical (unpaired) electrons. The van der Waals surface area contributed by atoms with Gasteiger partial charge in [-0.15, -0.1) is 11.8 Å². The van der Waals surface area contributed by atoms with Gasteiger partial charge in [0, 0.05) is 5.03 Å². The molecule has 1 N–H and O–H groups in total. The van der Waals surface area contributed by atoms with Crippen LogP contribution in [-0.2, 0) is 0 Å². The number of halogens is 1. The van der Waals surface area contributed by atoms with Gasteiger partial charge < -0.3 is 5.11 Å². The average Bonchev–Trinajstić information content (AvgIpc) is 2.41. The molecule has 0 bridgehead atoms. The predicted molar refractivity (Wildman–Crippen MR) is 39.4 cm³/mol. The summed E-state index contributed by atoms with van der Waals surface area (Å²) in [7, 11) is 0. The van der Waals surface area contributed by atoms with Crippen molar-refractivity contribution in [1.82, 2.24) is 0 Å². The maximum atomic E-state index is 9.34. The number of thioether (sulfide) groups is 1. The molecule has 1 aliphatic heterocycles. The molecular weight excluding hydrogens is 156 g/mol. The van der Waals surface area contributed by atoms with Crippen LogP contribution in [0.4, 0.5) is 0 Å². The lowest BCUT2D eigenvalue weighted by atomic mass is 10.1. The molecule has 1 saturated heterocycles. The molecule has 1 fully saturated rings. The molecule has 48 valence electrons. The zero-order valence-corrected chi connectivity index (χ0v) is 6.12. The summed E-state index contributed by atoms with van der Waals surface area (Å²) in [6.45, 7) is 0. The highest BCUT2D eigenvalue weighted by Gasteiger charge is 2.52.